The Morgan fingerprint density at radius 1 is 1.33 bits per heavy atom. The maximum absolute atomic E-state index is 6.11. The van der Waals surface area contributed by atoms with Crippen LogP contribution in [-0.4, -0.2) is 16.6 Å². The van der Waals surface area contributed by atoms with Crippen LogP contribution in [0.15, 0.2) is 6.07 Å². The van der Waals surface area contributed by atoms with Gasteiger partial charge in [0, 0.05) is 12.3 Å². The second kappa shape index (κ2) is 5.93. The Labute approximate surface area is 114 Å². The van der Waals surface area contributed by atoms with E-state index in [9.17, 15) is 0 Å². The van der Waals surface area contributed by atoms with Gasteiger partial charge in [-0.3, -0.25) is 0 Å². The first-order chi connectivity index (χ1) is 8.66. The Hall–Kier alpha value is -0.740. The molecule has 0 amide bonds. The minimum absolute atomic E-state index is 0.245. The van der Waals surface area contributed by atoms with E-state index in [1.54, 1.807) is 0 Å². The molecule has 1 aromatic heterocycles. The van der Waals surface area contributed by atoms with Crippen LogP contribution in [0.25, 0.3) is 0 Å². The van der Waals surface area contributed by atoms with Crippen molar-refractivity contribution in [2.75, 3.05) is 6.61 Å². The molecule has 1 saturated carbocycles. The van der Waals surface area contributed by atoms with Crippen LogP contribution in [0.4, 0.5) is 0 Å². The summed E-state index contributed by atoms with van der Waals surface area (Å²) in [6, 6.07) is 1.90. The van der Waals surface area contributed by atoms with Gasteiger partial charge in [-0.15, -0.1) is 0 Å². The summed E-state index contributed by atoms with van der Waals surface area (Å²) < 4.78 is 6.76. The van der Waals surface area contributed by atoms with Crippen LogP contribution in [0.1, 0.15) is 57.0 Å². The third-order valence-corrected chi connectivity index (χ3v) is 3.85. The molecule has 0 atom stereocenters. The fraction of sp³-hybridized carbons (Fsp3) is 0.714. The van der Waals surface area contributed by atoms with Crippen LogP contribution in [-0.2, 0) is 10.3 Å². The molecular weight excluding hydrogens is 244 g/mol. The Kier molecular flexibility index (Phi) is 4.51. The zero-order valence-corrected chi connectivity index (χ0v) is 12.1. The molecule has 1 aliphatic carbocycles. The van der Waals surface area contributed by atoms with Crippen LogP contribution < -0.4 is 0 Å². The molecule has 100 valence electrons. The molecule has 3 nitrogen and oxygen atoms in total. The van der Waals surface area contributed by atoms with E-state index >= 15 is 0 Å². The van der Waals surface area contributed by atoms with E-state index in [0.717, 1.165) is 31.0 Å². The number of hydrogen-bond donors (Lipinski definition) is 1. The molecule has 1 fully saturated rings. The lowest BCUT2D eigenvalue weighted by Crippen LogP contribution is -2.32. The van der Waals surface area contributed by atoms with Gasteiger partial charge in [0.2, 0.25) is 0 Å². The van der Waals surface area contributed by atoms with Gasteiger partial charge in [0.15, 0.2) is 0 Å². The van der Waals surface area contributed by atoms with E-state index in [1.165, 1.54) is 25.7 Å². The predicted molar refractivity (Wildman–Crippen MR) is 75.2 cm³/mol. The van der Waals surface area contributed by atoms with Crippen molar-refractivity contribution in [3.05, 3.63) is 22.2 Å². The molecule has 4 heteroatoms. The van der Waals surface area contributed by atoms with Gasteiger partial charge in [0.25, 0.3) is 0 Å². The van der Waals surface area contributed by atoms with Gasteiger partial charge < -0.3 is 9.72 Å². The lowest BCUT2D eigenvalue weighted by atomic mass is 9.93. The number of aromatic nitrogens is 2. The molecule has 2 rings (SSSR count). The van der Waals surface area contributed by atoms with Crippen molar-refractivity contribution in [2.24, 2.45) is 0 Å². The second-order valence-electron chi connectivity index (χ2n) is 5.09. The molecule has 0 unspecified atom stereocenters. The molecule has 1 heterocycles. The van der Waals surface area contributed by atoms with Crippen LogP contribution in [0.3, 0.4) is 0 Å². The highest BCUT2D eigenvalue weighted by Gasteiger charge is 2.35. The van der Waals surface area contributed by atoms with Gasteiger partial charge in [-0.25, -0.2) is 4.98 Å². The average molecular weight is 266 g/mol. The molecular formula is C14H22N2OS. The zero-order valence-electron chi connectivity index (χ0n) is 11.3. The fourth-order valence-electron chi connectivity index (χ4n) is 2.82. The molecule has 0 radical (unpaired) electrons. The standard InChI is InChI=1S/C14H22N2OS/c1-3-17-14(8-6-4-5-7-9-14)13-15-11(2)10-12(18)16-13/h10H,3-9H2,1-2H3,(H,15,16,18). The lowest BCUT2D eigenvalue weighted by Gasteiger charge is -2.31. The first kappa shape index (κ1) is 13.7. The van der Waals surface area contributed by atoms with E-state index in [4.69, 9.17) is 17.0 Å². The topological polar surface area (TPSA) is 37.9 Å². The van der Waals surface area contributed by atoms with Gasteiger partial charge in [0.1, 0.15) is 16.1 Å². The summed E-state index contributed by atoms with van der Waals surface area (Å²) in [6.45, 7) is 4.80. The summed E-state index contributed by atoms with van der Waals surface area (Å²) in [5.74, 6) is 0.927. The largest absolute Gasteiger partial charge is 0.367 e. The zero-order chi connectivity index (χ0) is 13.0. The Morgan fingerprint density at radius 2 is 2.00 bits per heavy atom. The molecule has 0 bridgehead atoms. The number of aromatic amines is 1. The van der Waals surface area contributed by atoms with Crippen LogP contribution in [0.5, 0.6) is 0 Å². The number of rotatable bonds is 3. The minimum Gasteiger partial charge on any atom is -0.367 e. The van der Waals surface area contributed by atoms with Crippen molar-refractivity contribution in [1.29, 1.82) is 0 Å². The van der Waals surface area contributed by atoms with Gasteiger partial charge in [-0.05, 0) is 32.8 Å². The first-order valence-corrected chi connectivity index (χ1v) is 7.29. The fourth-order valence-corrected chi connectivity index (χ4v) is 3.09. The van der Waals surface area contributed by atoms with Crippen molar-refractivity contribution in [3.8, 4) is 0 Å². The third kappa shape index (κ3) is 2.98. The lowest BCUT2D eigenvalue weighted by molar-refractivity contribution is -0.0626. The molecule has 0 saturated heterocycles. The maximum atomic E-state index is 6.11. The van der Waals surface area contributed by atoms with Crippen LogP contribution in [0, 0.1) is 11.6 Å². The van der Waals surface area contributed by atoms with Gasteiger partial charge in [0.05, 0.1) is 0 Å². The summed E-state index contributed by atoms with van der Waals surface area (Å²) in [6.07, 6.45) is 7.08. The highest BCUT2D eigenvalue weighted by atomic mass is 32.1. The number of ether oxygens (including phenoxy) is 1. The summed E-state index contributed by atoms with van der Waals surface area (Å²) in [7, 11) is 0. The summed E-state index contributed by atoms with van der Waals surface area (Å²) in [5.41, 5.74) is 0.818. The number of hydrogen-bond acceptors (Lipinski definition) is 3. The Bertz CT molecular complexity index is 447. The number of nitrogens with zero attached hydrogens (tertiary/aromatic N) is 1. The monoisotopic (exact) mass is 266 g/mol. The maximum Gasteiger partial charge on any atom is 0.140 e. The highest BCUT2D eigenvalue weighted by molar-refractivity contribution is 7.71. The van der Waals surface area contributed by atoms with E-state index in [-0.39, 0.29) is 5.60 Å². The average Bonchev–Trinajstić information content (AvgIpc) is 2.55. The van der Waals surface area contributed by atoms with Crippen LogP contribution >= 0.6 is 12.2 Å². The minimum atomic E-state index is -0.245. The van der Waals surface area contributed by atoms with Gasteiger partial charge in [-0.1, -0.05) is 37.9 Å². The SMILES string of the molecule is CCOC1(c2nc(=S)cc(C)[nH]2)CCCCCC1. The number of aryl methyl sites for hydroxylation is 1. The van der Waals surface area contributed by atoms with E-state index < -0.39 is 0 Å². The smallest absolute Gasteiger partial charge is 0.140 e. The van der Waals surface area contributed by atoms with Gasteiger partial charge in [-0.2, -0.15) is 0 Å². The normalized spacial score (nSPS) is 19.4. The van der Waals surface area contributed by atoms with Crippen molar-refractivity contribution in [1.82, 2.24) is 9.97 Å². The Morgan fingerprint density at radius 3 is 2.56 bits per heavy atom. The molecule has 0 spiro atoms. The summed E-state index contributed by atoms with van der Waals surface area (Å²) >= 11 is 5.24. The van der Waals surface area contributed by atoms with E-state index in [2.05, 4.69) is 16.9 Å². The number of nitrogens with one attached hydrogen (secondary N) is 1. The molecule has 18 heavy (non-hydrogen) atoms. The molecule has 1 N–H and O–H groups in total. The van der Waals surface area contributed by atoms with E-state index in [1.807, 2.05) is 13.0 Å². The molecule has 0 aliphatic heterocycles. The molecule has 1 aliphatic rings. The highest BCUT2D eigenvalue weighted by Crippen LogP contribution is 2.37. The Balaban J connectivity index is 2.41. The third-order valence-electron chi connectivity index (χ3n) is 3.64. The second-order valence-corrected chi connectivity index (χ2v) is 5.51. The molecule has 1 aromatic rings. The quantitative estimate of drug-likeness (QED) is 0.663. The van der Waals surface area contributed by atoms with Gasteiger partial charge >= 0.3 is 0 Å². The van der Waals surface area contributed by atoms with Crippen molar-refractivity contribution >= 4 is 12.2 Å². The first-order valence-electron chi connectivity index (χ1n) is 6.89. The predicted octanol–water partition coefficient (Wildman–Crippen LogP) is 4.03. The summed E-state index contributed by atoms with van der Waals surface area (Å²) in [5, 5.41) is 0. The number of H-pyrrole nitrogens is 1. The van der Waals surface area contributed by atoms with Crippen molar-refractivity contribution in [3.63, 3.8) is 0 Å². The van der Waals surface area contributed by atoms with Crippen LogP contribution in [0.2, 0.25) is 0 Å². The van der Waals surface area contributed by atoms with E-state index in [0.29, 0.717) is 4.64 Å². The molecule has 0 aromatic carbocycles. The van der Waals surface area contributed by atoms with Crippen molar-refractivity contribution in [2.45, 2.75) is 58.0 Å². The summed E-state index contributed by atoms with van der Waals surface area (Å²) in [4.78, 5) is 7.89. The van der Waals surface area contributed by atoms with Crippen molar-refractivity contribution < 1.29 is 4.74 Å².